The molecule has 4 rings (SSSR count). The third-order valence-electron chi connectivity index (χ3n) is 4.31. The van der Waals surface area contributed by atoms with Crippen LogP contribution in [0.15, 0.2) is 60.9 Å². The third kappa shape index (κ3) is 3.03. The Morgan fingerprint density at radius 3 is 2.65 bits per heavy atom. The summed E-state index contributed by atoms with van der Waals surface area (Å²) in [6.07, 6.45) is 3.32. The van der Waals surface area contributed by atoms with Gasteiger partial charge in [0.15, 0.2) is 5.82 Å². The second-order valence-electron chi connectivity index (χ2n) is 6.06. The van der Waals surface area contributed by atoms with E-state index in [0.29, 0.717) is 22.8 Å². The molecule has 0 radical (unpaired) electrons. The number of ketones is 1. The molecular weight excluding hydrogens is 350 g/mol. The first-order valence-electron chi connectivity index (χ1n) is 8.17. The summed E-state index contributed by atoms with van der Waals surface area (Å²) in [6, 6.07) is 15.4. The maximum atomic E-state index is 12.9. The Hall–Kier alpha value is -2.89. The summed E-state index contributed by atoms with van der Waals surface area (Å²) >= 11 is 5.96. The van der Waals surface area contributed by atoms with Gasteiger partial charge in [0.05, 0.1) is 24.1 Å². The van der Waals surface area contributed by atoms with Gasteiger partial charge >= 0.3 is 0 Å². The zero-order valence-corrected chi connectivity index (χ0v) is 14.6. The van der Waals surface area contributed by atoms with Crippen molar-refractivity contribution in [1.82, 2.24) is 14.5 Å². The summed E-state index contributed by atoms with van der Waals surface area (Å²) in [5.74, 6) is 0.0270. The van der Waals surface area contributed by atoms with Crippen LogP contribution < -0.4 is 0 Å². The van der Waals surface area contributed by atoms with E-state index in [1.807, 2.05) is 59.3 Å². The number of nitrogens with zero attached hydrogens (tertiary/aromatic N) is 2. The molecule has 0 amide bonds. The number of fused-ring (bicyclic) bond motifs is 1. The summed E-state index contributed by atoms with van der Waals surface area (Å²) in [5, 5.41) is 10.7. The van der Waals surface area contributed by atoms with E-state index in [1.54, 1.807) is 0 Å². The highest BCUT2D eigenvalue weighted by molar-refractivity contribution is 6.30. The number of carbonyl (C=O) groups is 1. The second kappa shape index (κ2) is 6.78. The van der Waals surface area contributed by atoms with Crippen molar-refractivity contribution in [3.05, 3.63) is 88.6 Å². The molecule has 2 heterocycles. The maximum Gasteiger partial charge on any atom is 0.230 e. The minimum atomic E-state index is -0.198. The zero-order chi connectivity index (χ0) is 18.1. The standard InChI is InChI=1S/C20H16ClN3O2/c21-14-7-5-13(6-8-14)10-24-11-17(16-3-1-2-4-18(16)24)19(26)20-22-9-15(12-25)23-20/h1-9,11,25H,10,12H2,(H,22,23). The Labute approximate surface area is 154 Å². The van der Waals surface area contributed by atoms with Gasteiger partial charge in [-0.3, -0.25) is 4.79 Å². The first-order valence-corrected chi connectivity index (χ1v) is 8.55. The molecule has 0 spiro atoms. The molecule has 26 heavy (non-hydrogen) atoms. The normalized spacial score (nSPS) is 11.2. The van der Waals surface area contributed by atoms with Crippen LogP contribution in [0.3, 0.4) is 0 Å². The highest BCUT2D eigenvalue weighted by atomic mass is 35.5. The lowest BCUT2D eigenvalue weighted by molar-refractivity contribution is 0.103. The van der Waals surface area contributed by atoms with Gasteiger partial charge in [0.1, 0.15) is 0 Å². The van der Waals surface area contributed by atoms with Gasteiger partial charge in [-0.05, 0) is 23.8 Å². The maximum absolute atomic E-state index is 12.9. The van der Waals surface area contributed by atoms with Crippen LogP contribution >= 0.6 is 11.6 Å². The minimum Gasteiger partial charge on any atom is -0.390 e. The van der Waals surface area contributed by atoms with Crippen LogP contribution in [-0.2, 0) is 13.2 Å². The predicted octanol–water partition coefficient (Wildman–Crippen LogP) is 3.79. The number of aliphatic hydroxyl groups excluding tert-OH is 1. The number of H-pyrrole nitrogens is 1. The molecule has 0 aliphatic heterocycles. The summed E-state index contributed by atoms with van der Waals surface area (Å²) < 4.78 is 2.04. The Kier molecular flexibility index (Phi) is 4.32. The van der Waals surface area contributed by atoms with Gasteiger partial charge in [0.25, 0.3) is 0 Å². The number of aromatic nitrogens is 3. The summed E-state index contributed by atoms with van der Waals surface area (Å²) in [5.41, 5.74) is 3.15. The molecule has 4 aromatic rings. The highest BCUT2D eigenvalue weighted by Gasteiger charge is 2.19. The molecule has 0 unspecified atom stereocenters. The van der Waals surface area contributed by atoms with Crippen LogP contribution in [0.25, 0.3) is 10.9 Å². The molecule has 5 nitrogen and oxygen atoms in total. The average molecular weight is 366 g/mol. The molecule has 0 aliphatic carbocycles. The number of halogens is 1. The Bertz CT molecular complexity index is 1080. The number of aliphatic hydroxyl groups is 1. The molecule has 6 heteroatoms. The number of carbonyl (C=O) groups excluding carboxylic acids is 1. The van der Waals surface area contributed by atoms with E-state index in [1.165, 1.54) is 6.20 Å². The lowest BCUT2D eigenvalue weighted by Gasteiger charge is -2.05. The van der Waals surface area contributed by atoms with E-state index < -0.39 is 0 Å². The fraction of sp³-hybridized carbons (Fsp3) is 0.100. The molecule has 2 aromatic heterocycles. The van der Waals surface area contributed by atoms with Crippen LogP contribution in [-0.4, -0.2) is 25.4 Å². The van der Waals surface area contributed by atoms with E-state index in [4.69, 9.17) is 16.7 Å². The summed E-state index contributed by atoms with van der Waals surface area (Å²) in [7, 11) is 0. The van der Waals surface area contributed by atoms with Gasteiger partial charge in [-0.15, -0.1) is 0 Å². The molecule has 0 bridgehead atoms. The van der Waals surface area contributed by atoms with Crippen molar-refractivity contribution in [1.29, 1.82) is 0 Å². The number of para-hydroxylation sites is 1. The Balaban J connectivity index is 1.76. The Morgan fingerprint density at radius 1 is 1.15 bits per heavy atom. The molecule has 0 saturated heterocycles. The van der Waals surface area contributed by atoms with Crippen molar-refractivity contribution in [2.24, 2.45) is 0 Å². The minimum absolute atomic E-state index is 0.182. The fourth-order valence-corrected chi connectivity index (χ4v) is 3.15. The van der Waals surface area contributed by atoms with Gasteiger partial charge in [0, 0.05) is 28.7 Å². The van der Waals surface area contributed by atoms with Crippen LogP contribution in [0.5, 0.6) is 0 Å². The number of nitrogens with one attached hydrogen (secondary N) is 1. The highest BCUT2D eigenvalue weighted by Crippen LogP contribution is 2.24. The van der Waals surface area contributed by atoms with Gasteiger partial charge in [-0.25, -0.2) is 4.98 Å². The molecule has 130 valence electrons. The van der Waals surface area contributed by atoms with Crippen LogP contribution in [0.4, 0.5) is 0 Å². The lowest BCUT2D eigenvalue weighted by Crippen LogP contribution is -2.04. The Morgan fingerprint density at radius 2 is 1.92 bits per heavy atom. The van der Waals surface area contributed by atoms with Crippen LogP contribution in [0.2, 0.25) is 5.02 Å². The zero-order valence-electron chi connectivity index (χ0n) is 13.8. The van der Waals surface area contributed by atoms with Gasteiger partial charge < -0.3 is 14.7 Å². The number of imidazole rings is 1. The van der Waals surface area contributed by atoms with Crippen molar-refractivity contribution in [2.45, 2.75) is 13.2 Å². The van der Waals surface area contributed by atoms with Crippen LogP contribution in [0, 0.1) is 0 Å². The third-order valence-corrected chi connectivity index (χ3v) is 4.57. The summed E-state index contributed by atoms with van der Waals surface area (Å²) in [6.45, 7) is 0.448. The lowest BCUT2D eigenvalue weighted by atomic mass is 10.1. The van der Waals surface area contributed by atoms with Crippen molar-refractivity contribution in [2.75, 3.05) is 0 Å². The van der Waals surface area contributed by atoms with Crippen molar-refractivity contribution < 1.29 is 9.90 Å². The quantitative estimate of drug-likeness (QED) is 0.528. The SMILES string of the molecule is O=C(c1ncc(CO)[nH]1)c1cn(Cc2ccc(Cl)cc2)c2ccccc12. The molecule has 0 atom stereocenters. The van der Waals surface area contributed by atoms with E-state index in [9.17, 15) is 4.79 Å². The van der Waals surface area contributed by atoms with Gasteiger partial charge in [-0.2, -0.15) is 0 Å². The number of rotatable bonds is 5. The monoisotopic (exact) mass is 365 g/mol. The van der Waals surface area contributed by atoms with E-state index in [2.05, 4.69) is 9.97 Å². The topological polar surface area (TPSA) is 70.9 Å². The number of hydrogen-bond donors (Lipinski definition) is 2. The predicted molar refractivity (Wildman–Crippen MR) is 100 cm³/mol. The van der Waals surface area contributed by atoms with E-state index in [-0.39, 0.29) is 18.2 Å². The van der Waals surface area contributed by atoms with E-state index >= 15 is 0 Å². The molecule has 2 N–H and O–H groups in total. The summed E-state index contributed by atoms with van der Waals surface area (Å²) in [4.78, 5) is 19.8. The van der Waals surface area contributed by atoms with Crippen LogP contribution in [0.1, 0.15) is 27.4 Å². The molecule has 0 saturated carbocycles. The van der Waals surface area contributed by atoms with Crippen molar-refractivity contribution in [3.63, 3.8) is 0 Å². The number of benzene rings is 2. The first-order chi connectivity index (χ1) is 12.7. The smallest absolute Gasteiger partial charge is 0.230 e. The van der Waals surface area contributed by atoms with Gasteiger partial charge in [0.2, 0.25) is 5.78 Å². The molecule has 0 fully saturated rings. The molecule has 2 aromatic carbocycles. The van der Waals surface area contributed by atoms with Crippen molar-refractivity contribution >= 4 is 28.3 Å². The number of aromatic amines is 1. The average Bonchev–Trinajstić information content (AvgIpc) is 3.28. The van der Waals surface area contributed by atoms with E-state index in [0.717, 1.165) is 16.5 Å². The molecule has 0 aliphatic rings. The largest absolute Gasteiger partial charge is 0.390 e. The fourth-order valence-electron chi connectivity index (χ4n) is 3.03. The second-order valence-corrected chi connectivity index (χ2v) is 6.50. The van der Waals surface area contributed by atoms with Crippen molar-refractivity contribution in [3.8, 4) is 0 Å². The first kappa shape index (κ1) is 16.6. The molecular formula is C20H16ClN3O2. The number of hydrogen-bond acceptors (Lipinski definition) is 3. The van der Waals surface area contributed by atoms with Gasteiger partial charge in [-0.1, -0.05) is 41.9 Å².